The molecule has 1 saturated carbocycles. The Hall–Kier alpha value is -0.660. The average Bonchev–Trinajstić information content (AvgIpc) is 2.38. The number of ketones is 2. The fourth-order valence-corrected chi connectivity index (χ4v) is 2.84. The maximum atomic E-state index is 11.9. The highest BCUT2D eigenvalue weighted by Gasteiger charge is 2.16. The Morgan fingerprint density at radius 1 is 0.684 bits per heavy atom. The summed E-state index contributed by atoms with van der Waals surface area (Å²) in [6.45, 7) is 1.92. The van der Waals surface area contributed by atoms with Crippen molar-refractivity contribution < 1.29 is 9.59 Å². The molecule has 1 atom stereocenters. The molecule has 0 aromatic carbocycles. The Morgan fingerprint density at radius 3 is 1.63 bits per heavy atom. The zero-order valence-electron chi connectivity index (χ0n) is 12.6. The predicted molar refractivity (Wildman–Crippen MR) is 79.2 cm³/mol. The Balaban J connectivity index is 2.34. The van der Waals surface area contributed by atoms with Crippen molar-refractivity contribution in [2.45, 2.75) is 90.4 Å². The second-order valence-electron chi connectivity index (χ2n) is 6.15. The van der Waals surface area contributed by atoms with Gasteiger partial charge in [0, 0.05) is 25.2 Å². The van der Waals surface area contributed by atoms with Gasteiger partial charge in [-0.2, -0.15) is 0 Å². The van der Waals surface area contributed by atoms with Crippen LogP contribution in [-0.2, 0) is 9.59 Å². The molecule has 0 aliphatic heterocycles. The van der Waals surface area contributed by atoms with Crippen LogP contribution in [0.2, 0.25) is 0 Å². The van der Waals surface area contributed by atoms with Crippen LogP contribution in [0.5, 0.6) is 0 Å². The molecule has 2 heteroatoms. The van der Waals surface area contributed by atoms with E-state index in [0.717, 1.165) is 12.8 Å². The SMILES string of the molecule is CC1CC(=O)CCCCCCCCCCCCC1=O. The molecule has 1 aliphatic rings. The van der Waals surface area contributed by atoms with Gasteiger partial charge in [0.05, 0.1) is 0 Å². The van der Waals surface area contributed by atoms with Gasteiger partial charge in [-0.15, -0.1) is 0 Å². The largest absolute Gasteiger partial charge is 0.300 e. The quantitative estimate of drug-likeness (QED) is 0.628. The second kappa shape index (κ2) is 10.2. The Kier molecular flexibility index (Phi) is 8.77. The number of hydrogen-bond donors (Lipinski definition) is 0. The van der Waals surface area contributed by atoms with E-state index < -0.39 is 0 Å². The number of carbonyl (C=O) groups is 2. The van der Waals surface area contributed by atoms with Crippen LogP contribution >= 0.6 is 0 Å². The van der Waals surface area contributed by atoms with Crippen molar-refractivity contribution >= 4 is 11.6 Å². The molecule has 1 unspecified atom stereocenters. The lowest BCUT2D eigenvalue weighted by Crippen LogP contribution is -2.15. The van der Waals surface area contributed by atoms with Crippen molar-refractivity contribution in [3.63, 3.8) is 0 Å². The summed E-state index contributed by atoms with van der Waals surface area (Å²) in [6.07, 6.45) is 14.0. The van der Waals surface area contributed by atoms with Crippen LogP contribution in [0.3, 0.4) is 0 Å². The van der Waals surface area contributed by atoms with Gasteiger partial charge in [-0.05, 0) is 12.8 Å². The van der Waals surface area contributed by atoms with Crippen molar-refractivity contribution in [1.82, 2.24) is 0 Å². The summed E-state index contributed by atoms with van der Waals surface area (Å²) in [4.78, 5) is 23.7. The van der Waals surface area contributed by atoms with E-state index in [0.29, 0.717) is 25.0 Å². The van der Waals surface area contributed by atoms with Gasteiger partial charge < -0.3 is 0 Å². The molecule has 110 valence electrons. The topological polar surface area (TPSA) is 34.1 Å². The molecular weight excluding hydrogens is 236 g/mol. The summed E-state index contributed by atoms with van der Waals surface area (Å²) in [5, 5.41) is 0. The lowest BCUT2D eigenvalue weighted by molar-refractivity contribution is -0.127. The van der Waals surface area contributed by atoms with E-state index >= 15 is 0 Å². The van der Waals surface area contributed by atoms with E-state index in [1.54, 1.807) is 0 Å². The highest BCUT2D eigenvalue weighted by molar-refractivity contribution is 5.87. The molecule has 0 spiro atoms. The lowest BCUT2D eigenvalue weighted by Gasteiger charge is -2.10. The monoisotopic (exact) mass is 266 g/mol. The number of rotatable bonds is 0. The van der Waals surface area contributed by atoms with Gasteiger partial charge in [-0.3, -0.25) is 9.59 Å². The summed E-state index contributed by atoms with van der Waals surface area (Å²) < 4.78 is 0. The summed E-state index contributed by atoms with van der Waals surface area (Å²) in [7, 11) is 0. The summed E-state index contributed by atoms with van der Waals surface area (Å²) >= 11 is 0. The van der Waals surface area contributed by atoms with Crippen LogP contribution in [0.25, 0.3) is 0 Å². The van der Waals surface area contributed by atoms with Crippen LogP contribution in [0.1, 0.15) is 90.4 Å². The van der Waals surface area contributed by atoms with E-state index in [1.165, 1.54) is 51.4 Å². The standard InChI is InChI=1S/C17H30O2/c1-15-14-16(18)12-10-8-6-4-2-3-5-7-9-11-13-17(15)19/h15H,2-14H2,1H3. The molecule has 0 saturated heterocycles. The minimum Gasteiger partial charge on any atom is -0.300 e. The lowest BCUT2D eigenvalue weighted by atomic mass is 9.93. The van der Waals surface area contributed by atoms with Crippen LogP contribution in [0.15, 0.2) is 0 Å². The van der Waals surface area contributed by atoms with E-state index in [4.69, 9.17) is 0 Å². The van der Waals surface area contributed by atoms with E-state index in [1.807, 2.05) is 6.92 Å². The zero-order chi connectivity index (χ0) is 13.9. The summed E-state index contributed by atoms with van der Waals surface area (Å²) in [6, 6.07) is 0. The Morgan fingerprint density at radius 2 is 1.11 bits per heavy atom. The molecule has 0 radical (unpaired) electrons. The van der Waals surface area contributed by atoms with Crippen molar-refractivity contribution in [2.75, 3.05) is 0 Å². The van der Waals surface area contributed by atoms with Crippen molar-refractivity contribution in [3.05, 3.63) is 0 Å². The summed E-state index contributed by atoms with van der Waals surface area (Å²) in [5.41, 5.74) is 0. The van der Waals surface area contributed by atoms with Crippen LogP contribution in [0, 0.1) is 5.92 Å². The minimum atomic E-state index is -0.0552. The Bertz CT molecular complexity index is 270. The Labute approximate surface area is 118 Å². The first-order valence-electron chi connectivity index (χ1n) is 8.24. The first-order chi connectivity index (χ1) is 9.20. The molecule has 0 aromatic rings. The summed E-state index contributed by atoms with van der Waals surface area (Å²) in [5.74, 6) is 0.522. The first kappa shape index (κ1) is 16.4. The number of carbonyl (C=O) groups excluding carboxylic acids is 2. The number of hydrogen-bond acceptors (Lipinski definition) is 2. The maximum absolute atomic E-state index is 11.9. The molecule has 1 fully saturated rings. The highest BCUT2D eigenvalue weighted by atomic mass is 16.1. The van der Waals surface area contributed by atoms with Crippen LogP contribution in [-0.4, -0.2) is 11.6 Å². The third-order valence-corrected chi connectivity index (χ3v) is 4.21. The third kappa shape index (κ3) is 8.18. The van der Waals surface area contributed by atoms with Gasteiger partial charge in [0.2, 0.25) is 0 Å². The molecular formula is C17H30O2. The van der Waals surface area contributed by atoms with Gasteiger partial charge >= 0.3 is 0 Å². The highest BCUT2D eigenvalue weighted by Crippen LogP contribution is 2.16. The minimum absolute atomic E-state index is 0.0552. The van der Waals surface area contributed by atoms with Gasteiger partial charge in [0.25, 0.3) is 0 Å². The van der Waals surface area contributed by atoms with Gasteiger partial charge in [0.15, 0.2) is 0 Å². The molecule has 0 aromatic heterocycles. The van der Waals surface area contributed by atoms with E-state index in [2.05, 4.69) is 0 Å². The third-order valence-electron chi connectivity index (χ3n) is 4.21. The average molecular weight is 266 g/mol. The van der Waals surface area contributed by atoms with Gasteiger partial charge in [-0.25, -0.2) is 0 Å². The van der Waals surface area contributed by atoms with Crippen molar-refractivity contribution in [2.24, 2.45) is 5.92 Å². The fourth-order valence-electron chi connectivity index (χ4n) is 2.84. The molecule has 19 heavy (non-hydrogen) atoms. The molecule has 0 bridgehead atoms. The van der Waals surface area contributed by atoms with Crippen molar-refractivity contribution in [3.8, 4) is 0 Å². The first-order valence-corrected chi connectivity index (χ1v) is 8.24. The smallest absolute Gasteiger partial charge is 0.136 e. The van der Waals surface area contributed by atoms with Crippen LogP contribution < -0.4 is 0 Å². The second-order valence-corrected chi connectivity index (χ2v) is 6.15. The molecule has 1 rings (SSSR count). The maximum Gasteiger partial charge on any atom is 0.136 e. The molecule has 0 N–H and O–H groups in total. The van der Waals surface area contributed by atoms with E-state index in [-0.39, 0.29) is 11.7 Å². The van der Waals surface area contributed by atoms with E-state index in [9.17, 15) is 9.59 Å². The van der Waals surface area contributed by atoms with Gasteiger partial charge in [0.1, 0.15) is 11.6 Å². The molecule has 2 nitrogen and oxygen atoms in total. The zero-order valence-corrected chi connectivity index (χ0v) is 12.6. The fraction of sp³-hybridized carbons (Fsp3) is 0.882. The van der Waals surface area contributed by atoms with Gasteiger partial charge in [-0.1, -0.05) is 58.3 Å². The normalized spacial score (nSPS) is 26.3. The molecule has 0 amide bonds. The predicted octanol–water partition coefficient (Wildman–Crippen LogP) is 4.85. The van der Waals surface area contributed by atoms with Crippen molar-refractivity contribution in [1.29, 1.82) is 0 Å². The number of Topliss-reactive ketones (excluding diaryl/α,β-unsaturated/α-hetero) is 2. The van der Waals surface area contributed by atoms with Crippen LogP contribution in [0.4, 0.5) is 0 Å². The molecule has 1 aliphatic carbocycles. The molecule has 0 heterocycles.